The van der Waals surface area contributed by atoms with Gasteiger partial charge in [0, 0.05) is 10.0 Å². The third kappa shape index (κ3) is 1.63. The Morgan fingerprint density at radius 1 is 1.46 bits per heavy atom. The van der Waals surface area contributed by atoms with Crippen molar-refractivity contribution in [3.63, 3.8) is 0 Å². The Morgan fingerprint density at radius 2 is 2.23 bits per heavy atom. The van der Waals surface area contributed by atoms with Crippen LogP contribution in [0.5, 0.6) is 0 Å². The number of benzene rings is 1. The highest BCUT2D eigenvalue weighted by Gasteiger charge is 2.21. The van der Waals surface area contributed by atoms with E-state index in [1.165, 1.54) is 6.07 Å². The van der Waals surface area contributed by atoms with E-state index in [-0.39, 0.29) is 5.82 Å². The van der Waals surface area contributed by atoms with E-state index < -0.39 is 6.10 Å². The van der Waals surface area contributed by atoms with E-state index in [0.29, 0.717) is 12.0 Å². The molecule has 0 fully saturated rings. The molecule has 1 aliphatic carbocycles. The van der Waals surface area contributed by atoms with Crippen LogP contribution in [0, 0.1) is 5.82 Å². The summed E-state index contributed by atoms with van der Waals surface area (Å²) in [5.74, 6) is -0.295. The Morgan fingerprint density at radius 3 is 3.00 bits per heavy atom. The van der Waals surface area contributed by atoms with Crippen molar-refractivity contribution in [2.45, 2.75) is 25.4 Å². The molecule has 0 amide bonds. The summed E-state index contributed by atoms with van der Waals surface area (Å²) in [7, 11) is 0. The molecule has 0 radical (unpaired) electrons. The van der Waals surface area contributed by atoms with Crippen LogP contribution in [0.1, 0.15) is 30.1 Å². The Balaban J connectivity index is 2.56. The van der Waals surface area contributed by atoms with E-state index in [4.69, 9.17) is 0 Å². The molecule has 1 nitrogen and oxygen atoms in total. The summed E-state index contributed by atoms with van der Waals surface area (Å²) >= 11 is 3.24. The smallest absolute Gasteiger partial charge is 0.130 e. The van der Waals surface area contributed by atoms with Crippen molar-refractivity contribution in [2.24, 2.45) is 0 Å². The van der Waals surface area contributed by atoms with Crippen molar-refractivity contribution in [2.75, 3.05) is 0 Å². The number of aliphatic hydroxyl groups is 1. The number of aliphatic hydroxyl groups excluding tert-OH is 1. The number of fused-ring (bicyclic) bond motifs is 1. The first-order chi connectivity index (χ1) is 6.18. The molecule has 1 aromatic carbocycles. The second-order valence-electron chi connectivity index (χ2n) is 3.37. The molecule has 13 heavy (non-hydrogen) atoms. The molecule has 0 spiro atoms. The first-order valence-electron chi connectivity index (χ1n) is 4.34. The molecule has 0 saturated heterocycles. The molecule has 2 rings (SSSR count). The van der Waals surface area contributed by atoms with Crippen molar-refractivity contribution in [3.8, 4) is 0 Å². The molecule has 70 valence electrons. The maximum atomic E-state index is 13.4. The van der Waals surface area contributed by atoms with E-state index in [9.17, 15) is 9.50 Å². The molecule has 3 heteroatoms. The predicted octanol–water partition coefficient (Wildman–Crippen LogP) is 2.96. The summed E-state index contributed by atoms with van der Waals surface area (Å²) in [5, 5.41) is 9.58. The molecule has 0 heterocycles. The van der Waals surface area contributed by atoms with Crippen LogP contribution in [0.4, 0.5) is 4.39 Å². The minimum absolute atomic E-state index is 0.295. The van der Waals surface area contributed by atoms with Gasteiger partial charge in [-0.1, -0.05) is 15.9 Å². The van der Waals surface area contributed by atoms with Gasteiger partial charge >= 0.3 is 0 Å². The van der Waals surface area contributed by atoms with Crippen LogP contribution in [-0.2, 0) is 6.42 Å². The third-order valence-corrected chi connectivity index (χ3v) is 2.89. The van der Waals surface area contributed by atoms with Crippen LogP contribution in [0.3, 0.4) is 0 Å². The van der Waals surface area contributed by atoms with Crippen molar-refractivity contribution in [3.05, 3.63) is 33.5 Å². The highest BCUT2D eigenvalue weighted by atomic mass is 79.9. The minimum atomic E-state index is -0.614. The lowest BCUT2D eigenvalue weighted by molar-refractivity contribution is 0.151. The fourth-order valence-corrected chi connectivity index (χ4v) is 2.33. The van der Waals surface area contributed by atoms with Crippen molar-refractivity contribution >= 4 is 15.9 Å². The van der Waals surface area contributed by atoms with Gasteiger partial charge in [0.15, 0.2) is 0 Å². The molecule has 1 unspecified atom stereocenters. The lowest BCUT2D eigenvalue weighted by Gasteiger charge is -2.21. The van der Waals surface area contributed by atoms with Gasteiger partial charge < -0.3 is 5.11 Å². The first-order valence-corrected chi connectivity index (χ1v) is 5.13. The van der Waals surface area contributed by atoms with Gasteiger partial charge in [0.05, 0.1) is 6.10 Å². The van der Waals surface area contributed by atoms with Gasteiger partial charge in [-0.2, -0.15) is 0 Å². The molecular weight excluding hydrogens is 235 g/mol. The molecule has 0 saturated carbocycles. The van der Waals surface area contributed by atoms with Gasteiger partial charge in [0.25, 0.3) is 0 Å². The van der Waals surface area contributed by atoms with E-state index >= 15 is 0 Å². The van der Waals surface area contributed by atoms with Crippen LogP contribution < -0.4 is 0 Å². The predicted molar refractivity (Wildman–Crippen MR) is 52.0 cm³/mol. The minimum Gasteiger partial charge on any atom is -0.388 e. The highest BCUT2D eigenvalue weighted by Crippen LogP contribution is 2.33. The molecule has 0 aliphatic heterocycles. The molecule has 1 N–H and O–H groups in total. The summed E-state index contributed by atoms with van der Waals surface area (Å²) < 4.78 is 14.1. The van der Waals surface area contributed by atoms with Gasteiger partial charge in [-0.25, -0.2) is 4.39 Å². The lowest BCUT2D eigenvalue weighted by Crippen LogP contribution is -2.11. The van der Waals surface area contributed by atoms with Crippen molar-refractivity contribution in [1.29, 1.82) is 0 Å². The second-order valence-corrected chi connectivity index (χ2v) is 4.28. The average molecular weight is 245 g/mol. The maximum absolute atomic E-state index is 13.4. The fourth-order valence-electron chi connectivity index (χ4n) is 1.85. The average Bonchev–Trinajstić information content (AvgIpc) is 2.02. The number of halogens is 2. The molecule has 1 aromatic rings. The Hall–Kier alpha value is -0.410. The lowest BCUT2D eigenvalue weighted by atomic mass is 9.89. The summed E-state index contributed by atoms with van der Waals surface area (Å²) in [4.78, 5) is 0. The molecule has 1 atom stereocenters. The van der Waals surface area contributed by atoms with E-state index in [0.717, 1.165) is 22.9 Å². The quantitative estimate of drug-likeness (QED) is 0.745. The highest BCUT2D eigenvalue weighted by molar-refractivity contribution is 9.10. The summed E-state index contributed by atoms with van der Waals surface area (Å²) in [5.41, 5.74) is 1.43. The van der Waals surface area contributed by atoms with Gasteiger partial charge in [-0.05, 0) is 37.0 Å². The van der Waals surface area contributed by atoms with Crippen LogP contribution in [0.15, 0.2) is 16.6 Å². The number of hydrogen-bond acceptors (Lipinski definition) is 1. The van der Waals surface area contributed by atoms with Gasteiger partial charge in [0.2, 0.25) is 0 Å². The maximum Gasteiger partial charge on any atom is 0.130 e. The Kier molecular flexibility index (Phi) is 2.39. The standard InChI is InChI=1S/C10H10BrFO/c11-7-4-6-2-1-3-9(13)10(6)8(12)5-7/h4-5,9,13H,1-3H2. The van der Waals surface area contributed by atoms with Crippen LogP contribution in [0.25, 0.3) is 0 Å². The van der Waals surface area contributed by atoms with Crippen molar-refractivity contribution < 1.29 is 9.50 Å². The molecule has 0 bridgehead atoms. The van der Waals surface area contributed by atoms with Gasteiger partial charge in [-0.3, -0.25) is 0 Å². The zero-order chi connectivity index (χ0) is 9.42. The van der Waals surface area contributed by atoms with E-state index in [1.54, 1.807) is 0 Å². The van der Waals surface area contributed by atoms with E-state index in [1.807, 2.05) is 6.07 Å². The molecule has 0 aromatic heterocycles. The Labute approximate surface area is 84.7 Å². The van der Waals surface area contributed by atoms with E-state index in [2.05, 4.69) is 15.9 Å². The monoisotopic (exact) mass is 244 g/mol. The number of aryl methyl sites for hydroxylation is 1. The first kappa shape index (κ1) is 9.16. The number of hydrogen-bond donors (Lipinski definition) is 1. The van der Waals surface area contributed by atoms with Crippen molar-refractivity contribution in [1.82, 2.24) is 0 Å². The SMILES string of the molecule is OC1CCCc2cc(Br)cc(F)c21. The summed E-state index contributed by atoms with van der Waals surface area (Å²) in [6.07, 6.45) is 1.86. The normalized spacial score (nSPS) is 21.3. The van der Waals surface area contributed by atoms with Crippen LogP contribution in [-0.4, -0.2) is 5.11 Å². The number of rotatable bonds is 0. The Bertz CT molecular complexity index is 338. The summed E-state index contributed by atoms with van der Waals surface area (Å²) in [6, 6.07) is 3.30. The molecule has 1 aliphatic rings. The third-order valence-electron chi connectivity index (χ3n) is 2.44. The fraction of sp³-hybridized carbons (Fsp3) is 0.400. The van der Waals surface area contributed by atoms with Crippen LogP contribution >= 0.6 is 15.9 Å². The van der Waals surface area contributed by atoms with Gasteiger partial charge in [-0.15, -0.1) is 0 Å². The largest absolute Gasteiger partial charge is 0.388 e. The van der Waals surface area contributed by atoms with Gasteiger partial charge in [0.1, 0.15) is 5.82 Å². The molecular formula is C10H10BrFO. The second kappa shape index (κ2) is 3.39. The topological polar surface area (TPSA) is 20.2 Å². The summed E-state index contributed by atoms with van der Waals surface area (Å²) in [6.45, 7) is 0. The zero-order valence-corrected chi connectivity index (χ0v) is 8.64. The van der Waals surface area contributed by atoms with Crippen LogP contribution in [0.2, 0.25) is 0 Å². The zero-order valence-electron chi connectivity index (χ0n) is 7.06.